The third kappa shape index (κ3) is 1.40. The number of hydrogen-bond donors (Lipinski definition) is 2. The highest BCUT2D eigenvalue weighted by Gasteiger charge is 2.74. The average molecular weight is 234 g/mol. The molecule has 3 rings (SSSR count). The molecule has 0 aromatic carbocycles. The van der Waals surface area contributed by atoms with Gasteiger partial charge < -0.3 is 10.8 Å². The summed E-state index contributed by atoms with van der Waals surface area (Å²) in [7, 11) is 0. The van der Waals surface area contributed by atoms with Gasteiger partial charge in [0.05, 0.1) is 0 Å². The fourth-order valence-electron chi connectivity index (χ4n) is 3.25. The molecule has 0 aromatic rings. The van der Waals surface area contributed by atoms with E-state index >= 15 is 0 Å². The molecule has 3 fully saturated rings. The van der Waals surface area contributed by atoms with Gasteiger partial charge in [-0.1, -0.05) is 20.8 Å². The minimum absolute atomic E-state index is 0. The van der Waals surface area contributed by atoms with E-state index in [-0.39, 0.29) is 17.8 Å². The predicted molar refractivity (Wildman–Crippen MR) is 61.0 cm³/mol. The highest BCUT2D eigenvalue weighted by molar-refractivity contribution is 5.85. The number of halogens is 1. The first-order chi connectivity index (χ1) is 6.23. The van der Waals surface area contributed by atoms with Gasteiger partial charge in [0.2, 0.25) is 0 Å². The number of carboxylic acid groups (broad SMARTS) is 1. The molecule has 15 heavy (non-hydrogen) atoms. The smallest absolute Gasteiger partial charge is 0.321 e. The van der Waals surface area contributed by atoms with Gasteiger partial charge in [-0.2, -0.15) is 0 Å². The molecule has 3 saturated carbocycles. The summed E-state index contributed by atoms with van der Waals surface area (Å²) in [5, 5.41) is 8.87. The molecule has 0 aliphatic heterocycles. The second-order valence-corrected chi connectivity index (χ2v) is 6.24. The van der Waals surface area contributed by atoms with Crippen molar-refractivity contribution in [3.8, 4) is 0 Å². The van der Waals surface area contributed by atoms with Gasteiger partial charge in [-0.15, -0.1) is 12.4 Å². The van der Waals surface area contributed by atoms with Gasteiger partial charge in [0.1, 0.15) is 6.04 Å². The minimum Gasteiger partial charge on any atom is -0.480 e. The molecule has 3 N–H and O–H groups in total. The molecule has 2 bridgehead atoms. The molecular weight excluding hydrogens is 214 g/mol. The van der Waals surface area contributed by atoms with Crippen LogP contribution in [0.4, 0.5) is 0 Å². The maximum Gasteiger partial charge on any atom is 0.321 e. The Hall–Kier alpha value is -0.280. The summed E-state index contributed by atoms with van der Waals surface area (Å²) in [6.07, 6.45) is 3.03. The number of nitrogens with two attached hydrogens (primary N) is 1. The van der Waals surface area contributed by atoms with Crippen molar-refractivity contribution in [2.24, 2.45) is 22.0 Å². The molecule has 0 radical (unpaired) electrons. The summed E-state index contributed by atoms with van der Waals surface area (Å²) in [5.41, 5.74) is 6.33. The van der Waals surface area contributed by atoms with Crippen molar-refractivity contribution in [3.63, 3.8) is 0 Å². The van der Waals surface area contributed by atoms with E-state index < -0.39 is 12.0 Å². The van der Waals surface area contributed by atoms with Crippen LogP contribution < -0.4 is 5.73 Å². The molecule has 0 heterocycles. The van der Waals surface area contributed by atoms with E-state index in [0.29, 0.717) is 10.8 Å². The fraction of sp³-hybridized carbons (Fsp3) is 0.909. The van der Waals surface area contributed by atoms with Crippen LogP contribution in [-0.4, -0.2) is 17.1 Å². The highest BCUT2D eigenvalue weighted by Crippen LogP contribution is 2.79. The topological polar surface area (TPSA) is 63.3 Å². The average Bonchev–Trinajstić information content (AvgIpc) is 1.76. The van der Waals surface area contributed by atoms with Gasteiger partial charge in [0, 0.05) is 0 Å². The Labute approximate surface area is 96.8 Å². The van der Waals surface area contributed by atoms with Crippen LogP contribution in [0.5, 0.6) is 0 Å². The van der Waals surface area contributed by atoms with E-state index in [1.165, 1.54) is 0 Å². The van der Waals surface area contributed by atoms with Crippen LogP contribution in [0, 0.1) is 16.2 Å². The van der Waals surface area contributed by atoms with Gasteiger partial charge in [0.25, 0.3) is 0 Å². The first-order valence-electron chi connectivity index (χ1n) is 5.21. The van der Waals surface area contributed by atoms with E-state index in [4.69, 9.17) is 10.8 Å². The molecule has 0 amide bonds. The van der Waals surface area contributed by atoms with E-state index in [2.05, 4.69) is 20.8 Å². The number of hydrogen-bond acceptors (Lipinski definition) is 2. The second-order valence-electron chi connectivity index (χ2n) is 6.24. The standard InChI is InChI=1S/C11H19NO2.ClH/c1-9(2,3)11-4-10(5-11,6-11)7(12)8(13)14;/h7H,4-6,12H2,1-3H3,(H,13,14);1H/t7-,10?,11?;/m0./s1. The van der Waals surface area contributed by atoms with Crippen LogP contribution in [0.25, 0.3) is 0 Å². The van der Waals surface area contributed by atoms with Gasteiger partial charge in [-0.3, -0.25) is 4.79 Å². The number of aliphatic carboxylic acids is 1. The first kappa shape index (κ1) is 12.8. The Morgan fingerprint density at radius 1 is 1.33 bits per heavy atom. The van der Waals surface area contributed by atoms with Crippen molar-refractivity contribution in [3.05, 3.63) is 0 Å². The molecule has 3 aliphatic rings. The third-order valence-electron chi connectivity index (χ3n) is 4.59. The largest absolute Gasteiger partial charge is 0.480 e. The van der Waals surface area contributed by atoms with Gasteiger partial charge >= 0.3 is 5.97 Å². The molecule has 0 spiro atoms. The van der Waals surface area contributed by atoms with Crippen LogP contribution in [0.1, 0.15) is 40.0 Å². The molecule has 0 unspecified atom stereocenters. The van der Waals surface area contributed by atoms with Gasteiger partial charge in [-0.05, 0) is 35.5 Å². The SMILES string of the molecule is CC(C)(C)C12CC([C@@H](N)C(=O)O)(C1)C2.Cl. The lowest BCUT2D eigenvalue weighted by atomic mass is 9.28. The van der Waals surface area contributed by atoms with Crippen molar-refractivity contribution in [1.29, 1.82) is 0 Å². The first-order valence-corrected chi connectivity index (χ1v) is 5.21. The normalized spacial score (nSPS) is 39.5. The lowest BCUT2D eigenvalue weighted by Gasteiger charge is -2.76. The van der Waals surface area contributed by atoms with Crippen LogP contribution >= 0.6 is 12.4 Å². The molecule has 0 aromatic heterocycles. The van der Waals surface area contributed by atoms with E-state index in [1.807, 2.05) is 0 Å². The number of rotatable bonds is 2. The minimum atomic E-state index is -0.841. The van der Waals surface area contributed by atoms with Crippen molar-refractivity contribution < 1.29 is 9.90 Å². The Morgan fingerprint density at radius 2 is 1.73 bits per heavy atom. The molecular formula is C11H20ClNO2. The molecule has 3 nitrogen and oxygen atoms in total. The highest BCUT2D eigenvalue weighted by atomic mass is 35.5. The van der Waals surface area contributed by atoms with Crippen molar-refractivity contribution in [1.82, 2.24) is 0 Å². The molecule has 1 atom stereocenters. The zero-order valence-electron chi connectivity index (χ0n) is 9.54. The third-order valence-corrected chi connectivity index (χ3v) is 4.59. The van der Waals surface area contributed by atoms with Crippen LogP contribution in [0.2, 0.25) is 0 Å². The van der Waals surface area contributed by atoms with Crippen molar-refractivity contribution in [2.45, 2.75) is 46.1 Å². The van der Waals surface area contributed by atoms with E-state index in [0.717, 1.165) is 19.3 Å². The molecule has 0 saturated heterocycles. The van der Waals surface area contributed by atoms with Crippen LogP contribution in [0.15, 0.2) is 0 Å². The Kier molecular flexibility index (Phi) is 2.65. The van der Waals surface area contributed by atoms with Crippen molar-refractivity contribution in [2.75, 3.05) is 0 Å². The lowest BCUT2D eigenvalue weighted by Crippen LogP contribution is -2.73. The Morgan fingerprint density at radius 3 is 2.00 bits per heavy atom. The maximum atomic E-state index is 10.8. The fourth-order valence-corrected chi connectivity index (χ4v) is 3.25. The van der Waals surface area contributed by atoms with Gasteiger partial charge in [0.15, 0.2) is 0 Å². The maximum absolute atomic E-state index is 10.8. The van der Waals surface area contributed by atoms with Crippen molar-refractivity contribution >= 4 is 18.4 Å². The van der Waals surface area contributed by atoms with E-state index in [1.54, 1.807) is 0 Å². The summed E-state index contributed by atoms with van der Waals surface area (Å²) in [4.78, 5) is 10.8. The summed E-state index contributed by atoms with van der Waals surface area (Å²) in [5.74, 6) is -0.841. The summed E-state index contributed by atoms with van der Waals surface area (Å²) >= 11 is 0. The zero-order chi connectivity index (χ0) is 10.8. The van der Waals surface area contributed by atoms with Crippen LogP contribution in [0.3, 0.4) is 0 Å². The molecule has 4 heteroatoms. The Balaban J connectivity index is 0.00000112. The molecule has 3 aliphatic carbocycles. The second kappa shape index (κ2) is 3.11. The number of carbonyl (C=O) groups is 1. The molecule has 88 valence electrons. The quantitative estimate of drug-likeness (QED) is 0.767. The van der Waals surface area contributed by atoms with E-state index in [9.17, 15) is 4.79 Å². The summed E-state index contributed by atoms with van der Waals surface area (Å²) in [6.45, 7) is 6.72. The summed E-state index contributed by atoms with van der Waals surface area (Å²) < 4.78 is 0. The Bertz CT molecular complexity index is 276. The zero-order valence-corrected chi connectivity index (χ0v) is 10.4. The van der Waals surface area contributed by atoms with Gasteiger partial charge in [-0.25, -0.2) is 0 Å². The monoisotopic (exact) mass is 233 g/mol. The predicted octanol–water partition coefficient (Wildman–Crippen LogP) is 2.04. The lowest BCUT2D eigenvalue weighted by molar-refractivity contribution is -0.268. The van der Waals surface area contributed by atoms with Crippen LogP contribution in [-0.2, 0) is 4.79 Å². The number of carboxylic acids is 1. The summed E-state index contributed by atoms with van der Waals surface area (Å²) in [6, 6.07) is -0.647.